The molecule has 0 atom stereocenters. The molecule has 0 bridgehead atoms. The molecular formula is C15H14N4O3. The van der Waals surface area contributed by atoms with E-state index in [1.807, 2.05) is 6.92 Å². The number of carbonyl (C=O) groups is 1. The third-order valence-electron chi connectivity index (χ3n) is 3.52. The zero-order valence-corrected chi connectivity index (χ0v) is 12.1. The molecule has 0 aliphatic carbocycles. The van der Waals surface area contributed by atoms with E-state index >= 15 is 0 Å². The van der Waals surface area contributed by atoms with Crippen LogP contribution in [0.5, 0.6) is 0 Å². The standard InChI is InChI=1S/C15H14N4O3/c1-8-12(9(2)22-19-8)7-16-15(21)13-10-5-3-4-6-11(10)14(20)18-17-13/h3-6H,7H2,1-2H3,(H,16,21)(H,18,20). The number of nitrogens with zero attached hydrogens (tertiary/aromatic N) is 2. The highest BCUT2D eigenvalue weighted by Gasteiger charge is 2.15. The van der Waals surface area contributed by atoms with Crippen LogP contribution in [-0.4, -0.2) is 21.3 Å². The predicted octanol–water partition coefficient (Wildman–Crippen LogP) is 1.46. The first-order valence-electron chi connectivity index (χ1n) is 6.75. The van der Waals surface area contributed by atoms with Gasteiger partial charge in [0.2, 0.25) is 0 Å². The van der Waals surface area contributed by atoms with E-state index in [4.69, 9.17) is 4.52 Å². The largest absolute Gasteiger partial charge is 0.361 e. The number of rotatable bonds is 3. The topological polar surface area (TPSA) is 101 Å². The van der Waals surface area contributed by atoms with E-state index < -0.39 is 0 Å². The van der Waals surface area contributed by atoms with Crippen molar-refractivity contribution in [3.8, 4) is 0 Å². The first-order valence-corrected chi connectivity index (χ1v) is 6.75. The van der Waals surface area contributed by atoms with E-state index in [2.05, 4.69) is 20.7 Å². The highest BCUT2D eigenvalue weighted by atomic mass is 16.5. The summed E-state index contributed by atoms with van der Waals surface area (Å²) in [6.45, 7) is 3.88. The summed E-state index contributed by atoms with van der Waals surface area (Å²) in [6, 6.07) is 6.85. The van der Waals surface area contributed by atoms with Crippen molar-refractivity contribution in [2.45, 2.75) is 20.4 Å². The van der Waals surface area contributed by atoms with Gasteiger partial charge < -0.3 is 9.84 Å². The van der Waals surface area contributed by atoms with Gasteiger partial charge in [-0.05, 0) is 19.9 Å². The summed E-state index contributed by atoms with van der Waals surface area (Å²) >= 11 is 0. The van der Waals surface area contributed by atoms with Gasteiger partial charge in [0.25, 0.3) is 11.5 Å². The SMILES string of the molecule is Cc1noc(C)c1CNC(=O)c1n[nH]c(=O)c2ccccc12. The minimum Gasteiger partial charge on any atom is -0.361 e. The number of hydrogen-bond acceptors (Lipinski definition) is 5. The van der Waals surface area contributed by atoms with Crippen LogP contribution in [0.2, 0.25) is 0 Å². The number of H-pyrrole nitrogens is 1. The Bertz CT molecular complexity index is 891. The molecule has 3 aromatic rings. The Morgan fingerprint density at radius 1 is 1.27 bits per heavy atom. The second-order valence-electron chi connectivity index (χ2n) is 4.93. The van der Waals surface area contributed by atoms with Crippen LogP contribution in [0.4, 0.5) is 0 Å². The minimum absolute atomic E-state index is 0.182. The van der Waals surface area contributed by atoms with E-state index in [1.165, 1.54) is 0 Å². The molecule has 2 N–H and O–H groups in total. The average molecular weight is 298 g/mol. The quantitative estimate of drug-likeness (QED) is 0.762. The Morgan fingerprint density at radius 3 is 2.68 bits per heavy atom. The van der Waals surface area contributed by atoms with Crippen molar-refractivity contribution in [3.63, 3.8) is 0 Å². The van der Waals surface area contributed by atoms with Crippen molar-refractivity contribution < 1.29 is 9.32 Å². The fourth-order valence-corrected chi connectivity index (χ4v) is 2.29. The van der Waals surface area contributed by atoms with Crippen LogP contribution in [0.25, 0.3) is 10.8 Å². The third-order valence-corrected chi connectivity index (χ3v) is 3.52. The van der Waals surface area contributed by atoms with E-state index in [-0.39, 0.29) is 23.7 Å². The molecule has 1 aromatic carbocycles. The molecule has 0 aliphatic heterocycles. The number of aromatic nitrogens is 3. The number of hydrogen-bond donors (Lipinski definition) is 2. The monoisotopic (exact) mass is 298 g/mol. The zero-order chi connectivity index (χ0) is 15.7. The lowest BCUT2D eigenvalue weighted by Gasteiger charge is -2.06. The smallest absolute Gasteiger partial charge is 0.272 e. The second-order valence-corrected chi connectivity index (χ2v) is 4.93. The van der Waals surface area contributed by atoms with Gasteiger partial charge in [-0.25, -0.2) is 5.10 Å². The molecule has 0 saturated carbocycles. The van der Waals surface area contributed by atoms with Gasteiger partial charge in [-0.1, -0.05) is 23.4 Å². The summed E-state index contributed by atoms with van der Waals surface area (Å²) in [6.07, 6.45) is 0. The Labute approximate surface area is 125 Å². The number of fused-ring (bicyclic) bond motifs is 1. The maximum absolute atomic E-state index is 12.3. The van der Waals surface area contributed by atoms with Crippen LogP contribution in [0.15, 0.2) is 33.6 Å². The van der Waals surface area contributed by atoms with Crippen molar-refractivity contribution in [2.75, 3.05) is 0 Å². The van der Waals surface area contributed by atoms with Crippen molar-refractivity contribution in [1.29, 1.82) is 0 Å². The summed E-state index contributed by atoms with van der Waals surface area (Å²) < 4.78 is 5.05. The maximum Gasteiger partial charge on any atom is 0.272 e. The molecular weight excluding hydrogens is 284 g/mol. The molecule has 0 fully saturated rings. The number of amides is 1. The first-order chi connectivity index (χ1) is 10.6. The minimum atomic E-state index is -0.368. The fraction of sp³-hybridized carbons (Fsp3) is 0.200. The zero-order valence-electron chi connectivity index (χ0n) is 12.1. The molecule has 112 valence electrons. The molecule has 0 radical (unpaired) electrons. The number of aryl methyl sites for hydroxylation is 2. The summed E-state index contributed by atoms with van der Waals surface area (Å²) in [4.78, 5) is 24.1. The number of aromatic amines is 1. The van der Waals surface area contributed by atoms with Gasteiger partial charge in [0.05, 0.1) is 11.1 Å². The number of benzene rings is 1. The molecule has 0 saturated heterocycles. The van der Waals surface area contributed by atoms with E-state index in [0.717, 1.165) is 11.3 Å². The maximum atomic E-state index is 12.3. The van der Waals surface area contributed by atoms with Crippen molar-refractivity contribution in [2.24, 2.45) is 0 Å². The number of carbonyl (C=O) groups excluding carboxylic acids is 1. The van der Waals surface area contributed by atoms with Crippen LogP contribution in [-0.2, 0) is 6.54 Å². The van der Waals surface area contributed by atoms with E-state index in [0.29, 0.717) is 16.5 Å². The molecule has 0 aliphatic rings. The molecule has 22 heavy (non-hydrogen) atoms. The van der Waals surface area contributed by atoms with Crippen LogP contribution in [0, 0.1) is 13.8 Å². The second kappa shape index (κ2) is 5.44. The molecule has 0 unspecified atom stereocenters. The molecule has 1 amide bonds. The molecule has 7 heteroatoms. The van der Waals surface area contributed by atoms with Gasteiger partial charge in [-0.15, -0.1) is 0 Å². The Kier molecular flexibility index (Phi) is 3.46. The lowest BCUT2D eigenvalue weighted by Crippen LogP contribution is -2.26. The summed E-state index contributed by atoms with van der Waals surface area (Å²) in [5.74, 6) is 0.296. The van der Waals surface area contributed by atoms with Gasteiger partial charge >= 0.3 is 0 Å². The first kappa shape index (κ1) is 14.0. The van der Waals surface area contributed by atoms with E-state index in [1.54, 1.807) is 31.2 Å². The highest BCUT2D eigenvalue weighted by molar-refractivity contribution is 6.04. The van der Waals surface area contributed by atoms with Gasteiger partial charge in [-0.3, -0.25) is 9.59 Å². The molecule has 3 rings (SSSR count). The van der Waals surface area contributed by atoms with Crippen molar-refractivity contribution >= 4 is 16.7 Å². The van der Waals surface area contributed by atoms with Gasteiger partial charge in [0.15, 0.2) is 5.69 Å². The lowest BCUT2D eigenvalue weighted by molar-refractivity contribution is 0.0946. The van der Waals surface area contributed by atoms with Crippen molar-refractivity contribution in [1.82, 2.24) is 20.7 Å². The third kappa shape index (κ3) is 2.37. The van der Waals surface area contributed by atoms with Crippen LogP contribution < -0.4 is 10.9 Å². The van der Waals surface area contributed by atoms with Crippen LogP contribution in [0.1, 0.15) is 27.5 Å². The fourth-order valence-electron chi connectivity index (χ4n) is 2.29. The Hall–Kier alpha value is -2.96. The average Bonchev–Trinajstić information content (AvgIpc) is 2.84. The Morgan fingerprint density at radius 2 is 2.00 bits per heavy atom. The predicted molar refractivity (Wildman–Crippen MR) is 79.5 cm³/mol. The molecule has 0 spiro atoms. The van der Waals surface area contributed by atoms with Gasteiger partial charge in [0.1, 0.15) is 5.76 Å². The van der Waals surface area contributed by atoms with Crippen LogP contribution >= 0.6 is 0 Å². The lowest BCUT2D eigenvalue weighted by atomic mass is 10.1. The van der Waals surface area contributed by atoms with Crippen molar-refractivity contribution in [3.05, 3.63) is 57.3 Å². The summed E-state index contributed by atoms with van der Waals surface area (Å²) in [7, 11) is 0. The van der Waals surface area contributed by atoms with Gasteiger partial charge in [-0.2, -0.15) is 5.10 Å². The summed E-state index contributed by atoms with van der Waals surface area (Å²) in [5.41, 5.74) is 1.43. The van der Waals surface area contributed by atoms with E-state index in [9.17, 15) is 9.59 Å². The van der Waals surface area contributed by atoms with Gasteiger partial charge in [0, 0.05) is 17.5 Å². The molecule has 2 aromatic heterocycles. The summed E-state index contributed by atoms with van der Waals surface area (Å²) in [5, 5.41) is 13.8. The molecule has 7 nitrogen and oxygen atoms in total. The number of nitrogens with one attached hydrogen (secondary N) is 2. The normalized spacial score (nSPS) is 10.8. The molecule has 2 heterocycles. The van der Waals surface area contributed by atoms with Crippen LogP contribution in [0.3, 0.4) is 0 Å². The Balaban J connectivity index is 1.90. The highest BCUT2D eigenvalue weighted by Crippen LogP contribution is 2.14.